The number of ether oxygens (including phenoxy) is 1. The molecule has 1 aromatic heterocycles. The second-order valence-corrected chi connectivity index (χ2v) is 4.35. The van der Waals surface area contributed by atoms with Gasteiger partial charge in [0.2, 0.25) is 0 Å². The normalized spacial score (nSPS) is 11.9. The zero-order valence-corrected chi connectivity index (χ0v) is 11.0. The minimum Gasteiger partial charge on any atom is -0.496 e. The molecule has 2 rings (SSSR count). The van der Waals surface area contributed by atoms with Gasteiger partial charge in [0.1, 0.15) is 5.75 Å². The number of nitrogens with one attached hydrogen (secondary N) is 1. The summed E-state index contributed by atoms with van der Waals surface area (Å²) >= 11 is 0. The zero-order valence-electron chi connectivity index (χ0n) is 11.0. The Balaban J connectivity index is 2.21. The summed E-state index contributed by atoms with van der Waals surface area (Å²) in [5, 5.41) is 3.41. The second-order valence-electron chi connectivity index (χ2n) is 4.35. The summed E-state index contributed by atoms with van der Waals surface area (Å²) in [6.07, 6.45) is 3.58. The number of benzene rings is 1. The monoisotopic (exact) mass is 242 g/mol. The van der Waals surface area contributed by atoms with Gasteiger partial charge in [-0.25, -0.2) is 0 Å². The molecule has 1 aromatic carbocycles. The third kappa shape index (κ3) is 2.80. The molecule has 0 aliphatic rings. The summed E-state index contributed by atoms with van der Waals surface area (Å²) in [6, 6.07) is 10.3. The first-order chi connectivity index (χ1) is 8.70. The number of rotatable bonds is 4. The molecule has 2 aromatic rings. The quantitative estimate of drug-likeness (QED) is 0.890. The first-order valence-corrected chi connectivity index (χ1v) is 6.02. The van der Waals surface area contributed by atoms with E-state index in [1.165, 1.54) is 5.56 Å². The zero-order chi connectivity index (χ0) is 13.0. The SMILES string of the molecule is COc1cc(C)ccc1C(C)Nc1cccnc1. The van der Waals surface area contributed by atoms with Gasteiger partial charge in [-0.2, -0.15) is 0 Å². The molecule has 3 nitrogen and oxygen atoms in total. The van der Waals surface area contributed by atoms with Crippen molar-refractivity contribution in [3.8, 4) is 5.75 Å². The summed E-state index contributed by atoms with van der Waals surface area (Å²) in [5.41, 5.74) is 3.35. The molecular weight excluding hydrogens is 224 g/mol. The van der Waals surface area contributed by atoms with Crippen LogP contribution in [-0.2, 0) is 0 Å². The summed E-state index contributed by atoms with van der Waals surface area (Å²) in [6.45, 7) is 4.17. The Kier molecular flexibility index (Phi) is 3.82. The van der Waals surface area contributed by atoms with Gasteiger partial charge in [0, 0.05) is 18.0 Å². The number of hydrogen-bond acceptors (Lipinski definition) is 3. The molecule has 0 aliphatic carbocycles. The van der Waals surface area contributed by atoms with Crippen LogP contribution in [0.2, 0.25) is 0 Å². The highest BCUT2D eigenvalue weighted by molar-refractivity contribution is 5.46. The minimum atomic E-state index is 0.171. The van der Waals surface area contributed by atoms with Crippen molar-refractivity contribution in [1.29, 1.82) is 0 Å². The molecule has 1 atom stereocenters. The molecule has 3 heteroatoms. The fraction of sp³-hybridized carbons (Fsp3) is 0.267. The van der Waals surface area contributed by atoms with Gasteiger partial charge in [-0.15, -0.1) is 0 Å². The molecule has 1 unspecified atom stereocenters. The van der Waals surface area contributed by atoms with Gasteiger partial charge in [-0.1, -0.05) is 12.1 Å². The highest BCUT2D eigenvalue weighted by atomic mass is 16.5. The average molecular weight is 242 g/mol. The number of anilines is 1. The second kappa shape index (κ2) is 5.54. The topological polar surface area (TPSA) is 34.1 Å². The van der Waals surface area contributed by atoms with E-state index in [9.17, 15) is 0 Å². The van der Waals surface area contributed by atoms with E-state index in [1.807, 2.05) is 18.3 Å². The van der Waals surface area contributed by atoms with Crippen LogP contribution in [0, 0.1) is 6.92 Å². The van der Waals surface area contributed by atoms with Crippen LogP contribution < -0.4 is 10.1 Å². The Labute approximate surface area is 108 Å². The van der Waals surface area contributed by atoms with Gasteiger partial charge < -0.3 is 10.1 Å². The summed E-state index contributed by atoms with van der Waals surface area (Å²) in [5.74, 6) is 0.916. The lowest BCUT2D eigenvalue weighted by atomic mass is 10.0. The third-order valence-electron chi connectivity index (χ3n) is 2.90. The van der Waals surface area contributed by atoms with Crippen LogP contribution in [-0.4, -0.2) is 12.1 Å². The van der Waals surface area contributed by atoms with E-state index < -0.39 is 0 Å². The molecule has 0 fully saturated rings. The highest BCUT2D eigenvalue weighted by Crippen LogP contribution is 2.28. The fourth-order valence-corrected chi connectivity index (χ4v) is 1.95. The smallest absolute Gasteiger partial charge is 0.124 e. The molecular formula is C15H18N2O. The fourth-order valence-electron chi connectivity index (χ4n) is 1.95. The lowest BCUT2D eigenvalue weighted by Gasteiger charge is -2.18. The Morgan fingerprint density at radius 3 is 2.78 bits per heavy atom. The third-order valence-corrected chi connectivity index (χ3v) is 2.90. The van der Waals surface area contributed by atoms with Crippen molar-refractivity contribution in [2.75, 3.05) is 12.4 Å². The molecule has 1 heterocycles. The van der Waals surface area contributed by atoms with E-state index in [-0.39, 0.29) is 6.04 Å². The van der Waals surface area contributed by atoms with Crippen molar-refractivity contribution in [1.82, 2.24) is 4.98 Å². The molecule has 0 amide bonds. The molecule has 0 spiro atoms. The molecule has 0 saturated heterocycles. The molecule has 1 N–H and O–H groups in total. The van der Waals surface area contributed by atoms with Crippen molar-refractivity contribution in [2.24, 2.45) is 0 Å². The first kappa shape index (κ1) is 12.4. The van der Waals surface area contributed by atoms with E-state index in [0.717, 1.165) is 17.0 Å². The van der Waals surface area contributed by atoms with Crippen LogP contribution in [0.25, 0.3) is 0 Å². The lowest BCUT2D eigenvalue weighted by molar-refractivity contribution is 0.407. The van der Waals surface area contributed by atoms with Crippen LogP contribution in [0.5, 0.6) is 5.75 Å². The minimum absolute atomic E-state index is 0.171. The molecule has 0 bridgehead atoms. The van der Waals surface area contributed by atoms with Crippen molar-refractivity contribution in [3.63, 3.8) is 0 Å². The Bertz CT molecular complexity index is 511. The summed E-state index contributed by atoms with van der Waals surface area (Å²) in [4.78, 5) is 4.09. The predicted molar refractivity (Wildman–Crippen MR) is 74.0 cm³/mol. The first-order valence-electron chi connectivity index (χ1n) is 6.02. The van der Waals surface area contributed by atoms with E-state index >= 15 is 0 Å². The average Bonchev–Trinajstić information content (AvgIpc) is 2.39. The van der Waals surface area contributed by atoms with Gasteiger partial charge in [-0.3, -0.25) is 4.98 Å². The highest BCUT2D eigenvalue weighted by Gasteiger charge is 2.11. The van der Waals surface area contributed by atoms with Crippen LogP contribution in [0.3, 0.4) is 0 Å². The number of pyridine rings is 1. The molecule has 0 aliphatic heterocycles. The van der Waals surface area contributed by atoms with E-state index in [4.69, 9.17) is 4.74 Å². The molecule has 0 radical (unpaired) electrons. The largest absolute Gasteiger partial charge is 0.496 e. The molecule has 94 valence electrons. The van der Waals surface area contributed by atoms with Crippen molar-refractivity contribution >= 4 is 5.69 Å². The van der Waals surface area contributed by atoms with Crippen molar-refractivity contribution in [3.05, 3.63) is 53.9 Å². The van der Waals surface area contributed by atoms with Crippen LogP contribution in [0.1, 0.15) is 24.1 Å². The van der Waals surface area contributed by atoms with Gasteiger partial charge in [0.05, 0.1) is 18.8 Å². The number of nitrogens with zero attached hydrogens (tertiary/aromatic N) is 1. The maximum absolute atomic E-state index is 5.43. The standard InChI is InChI=1S/C15H18N2O/c1-11-6-7-14(15(9-11)18-3)12(2)17-13-5-4-8-16-10-13/h4-10,12,17H,1-3H3. The molecule has 18 heavy (non-hydrogen) atoms. The number of hydrogen-bond donors (Lipinski definition) is 1. The Morgan fingerprint density at radius 2 is 2.11 bits per heavy atom. The molecule has 0 saturated carbocycles. The van der Waals surface area contributed by atoms with Gasteiger partial charge in [0.15, 0.2) is 0 Å². The maximum Gasteiger partial charge on any atom is 0.124 e. The van der Waals surface area contributed by atoms with Crippen LogP contribution in [0.15, 0.2) is 42.7 Å². The predicted octanol–water partition coefficient (Wildman–Crippen LogP) is 3.57. The summed E-state index contributed by atoms with van der Waals surface area (Å²) in [7, 11) is 1.70. The maximum atomic E-state index is 5.43. The number of aromatic nitrogens is 1. The van der Waals surface area contributed by atoms with Crippen molar-refractivity contribution in [2.45, 2.75) is 19.9 Å². The van der Waals surface area contributed by atoms with Gasteiger partial charge in [0.25, 0.3) is 0 Å². The van der Waals surface area contributed by atoms with E-state index in [0.29, 0.717) is 0 Å². The van der Waals surface area contributed by atoms with Crippen molar-refractivity contribution < 1.29 is 4.74 Å². The summed E-state index contributed by atoms with van der Waals surface area (Å²) < 4.78 is 5.43. The number of methoxy groups -OCH3 is 1. The Morgan fingerprint density at radius 1 is 1.28 bits per heavy atom. The Hall–Kier alpha value is -2.03. The van der Waals surface area contributed by atoms with Gasteiger partial charge >= 0.3 is 0 Å². The lowest BCUT2D eigenvalue weighted by Crippen LogP contribution is -2.08. The number of aryl methyl sites for hydroxylation is 1. The van der Waals surface area contributed by atoms with E-state index in [1.54, 1.807) is 13.3 Å². The van der Waals surface area contributed by atoms with Crippen LogP contribution in [0.4, 0.5) is 5.69 Å². The van der Waals surface area contributed by atoms with E-state index in [2.05, 4.69) is 42.3 Å². The van der Waals surface area contributed by atoms with Gasteiger partial charge in [-0.05, 0) is 37.6 Å². The van der Waals surface area contributed by atoms with Crippen LogP contribution >= 0.6 is 0 Å².